The molecule has 0 aliphatic carbocycles. The van der Waals surface area contributed by atoms with Gasteiger partial charge in [-0.1, -0.05) is 13.8 Å². The van der Waals surface area contributed by atoms with Crippen molar-refractivity contribution in [2.24, 2.45) is 17.4 Å². The predicted octanol–water partition coefficient (Wildman–Crippen LogP) is -3.85. The zero-order valence-electron chi connectivity index (χ0n) is 17.1. The Morgan fingerprint density at radius 1 is 0.867 bits per heavy atom. The van der Waals surface area contributed by atoms with Crippen LogP contribution in [0.1, 0.15) is 33.6 Å². The standard InChI is InChI=1S/C17H31N5O8/c1-7(2)4-10(17(29)30)21-14(26)9(5-12(18)25)20-15(27)11(6-23)22-16(28)13(19)8(3)24/h7-11,13,23-24H,4-6,19H2,1-3H3,(H2,18,25)(H,20,27)(H,21,26)(H,22,28)(H,29,30). The van der Waals surface area contributed by atoms with Gasteiger partial charge in [-0.15, -0.1) is 0 Å². The highest BCUT2D eigenvalue weighted by Crippen LogP contribution is 2.06. The van der Waals surface area contributed by atoms with Crippen LogP contribution in [0.3, 0.4) is 0 Å². The molecular formula is C17H31N5O8. The molecule has 0 aliphatic rings. The molecule has 0 fully saturated rings. The van der Waals surface area contributed by atoms with Crippen LogP contribution >= 0.6 is 0 Å². The number of aliphatic carboxylic acids is 1. The van der Waals surface area contributed by atoms with Crippen molar-refractivity contribution in [1.29, 1.82) is 0 Å². The Morgan fingerprint density at radius 3 is 1.73 bits per heavy atom. The summed E-state index contributed by atoms with van der Waals surface area (Å²) in [5.41, 5.74) is 10.5. The van der Waals surface area contributed by atoms with Gasteiger partial charge in [0.05, 0.1) is 19.1 Å². The number of aliphatic hydroxyl groups is 2. The molecule has 0 aromatic carbocycles. The van der Waals surface area contributed by atoms with Gasteiger partial charge in [0.15, 0.2) is 0 Å². The Labute approximate surface area is 173 Å². The Balaban J connectivity index is 5.31. The van der Waals surface area contributed by atoms with E-state index in [1.165, 1.54) is 6.92 Å². The summed E-state index contributed by atoms with van der Waals surface area (Å²) in [6, 6.07) is -5.72. The Hall–Kier alpha value is -2.77. The SMILES string of the molecule is CC(C)CC(NC(=O)C(CC(N)=O)NC(=O)C(CO)NC(=O)C(N)C(C)O)C(=O)O. The minimum absolute atomic E-state index is 0.0670. The van der Waals surface area contributed by atoms with E-state index in [0.717, 1.165) is 0 Å². The van der Waals surface area contributed by atoms with Gasteiger partial charge in [0.1, 0.15) is 24.2 Å². The summed E-state index contributed by atoms with van der Waals surface area (Å²) < 4.78 is 0. The largest absolute Gasteiger partial charge is 0.480 e. The summed E-state index contributed by atoms with van der Waals surface area (Å²) in [4.78, 5) is 59.3. The lowest BCUT2D eigenvalue weighted by atomic mass is 10.0. The third-order valence-corrected chi connectivity index (χ3v) is 4.00. The Morgan fingerprint density at radius 2 is 1.33 bits per heavy atom. The van der Waals surface area contributed by atoms with Crippen molar-refractivity contribution in [1.82, 2.24) is 16.0 Å². The fourth-order valence-electron chi connectivity index (χ4n) is 2.33. The van der Waals surface area contributed by atoms with E-state index in [1.807, 2.05) is 0 Å². The van der Waals surface area contributed by atoms with Crippen molar-refractivity contribution < 1.29 is 39.3 Å². The van der Waals surface area contributed by atoms with E-state index in [9.17, 15) is 39.3 Å². The number of carbonyl (C=O) groups is 5. The monoisotopic (exact) mass is 433 g/mol. The molecule has 0 spiro atoms. The fraction of sp³-hybridized carbons (Fsp3) is 0.706. The molecule has 0 saturated carbocycles. The molecule has 13 nitrogen and oxygen atoms in total. The van der Waals surface area contributed by atoms with Crippen LogP contribution in [-0.2, 0) is 24.0 Å². The number of amides is 4. The first kappa shape index (κ1) is 27.2. The van der Waals surface area contributed by atoms with E-state index < -0.39 is 72.9 Å². The molecule has 4 amide bonds. The van der Waals surface area contributed by atoms with Crippen LogP contribution in [0.2, 0.25) is 0 Å². The molecule has 0 aromatic rings. The molecule has 172 valence electrons. The summed E-state index contributed by atoms with van der Waals surface area (Å²) in [6.07, 6.45) is -1.77. The molecule has 0 heterocycles. The predicted molar refractivity (Wildman–Crippen MR) is 103 cm³/mol. The summed E-state index contributed by atoms with van der Waals surface area (Å²) in [7, 11) is 0. The third-order valence-electron chi connectivity index (χ3n) is 4.00. The lowest BCUT2D eigenvalue weighted by molar-refractivity contribution is -0.143. The van der Waals surface area contributed by atoms with Crippen molar-refractivity contribution in [2.75, 3.05) is 6.61 Å². The van der Waals surface area contributed by atoms with E-state index in [1.54, 1.807) is 13.8 Å². The van der Waals surface area contributed by atoms with Gasteiger partial charge >= 0.3 is 5.97 Å². The van der Waals surface area contributed by atoms with Crippen molar-refractivity contribution in [3.8, 4) is 0 Å². The van der Waals surface area contributed by atoms with E-state index in [-0.39, 0.29) is 12.3 Å². The maximum absolute atomic E-state index is 12.4. The van der Waals surface area contributed by atoms with E-state index in [4.69, 9.17) is 11.5 Å². The second-order valence-electron chi connectivity index (χ2n) is 7.27. The molecule has 0 bridgehead atoms. The molecule has 0 rings (SSSR count). The maximum Gasteiger partial charge on any atom is 0.326 e. The van der Waals surface area contributed by atoms with Crippen LogP contribution < -0.4 is 27.4 Å². The smallest absolute Gasteiger partial charge is 0.326 e. The Kier molecular flexibility index (Phi) is 11.5. The molecule has 13 heteroatoms. The summed E-state index contributed by atoms with van der Waals surface area (Å²) >= 11 is 0. The number of carboxylic acid groups (broad SMARTS) is 1. The highest BCUT2D eigenvalue weighted by atomic mass is 16.4. The molecule has 0 saturated heterocycles. The van der Waals surface area contributed by atoms with Crippen LogP contribution in [0.4, 0.5) is 0 Å². The van der Waals surface area contributed by atoms with Gasteiger partial charge in [0.25, 0.3) is 0 Å². The van der Waals surface area contributed by atoms with Gasteiger partial charge in [-0.3, -0.25) is 19.2 Å². The minimum atomic E-state index is -1.54. The van der Waals surface area contributed by atoms with Gasteiger partial charge in [0.2, 0.25) is 23.6 Å². The van der Waals surface area contributed by atoms with Gasteiger partial charge in [-0.25, -0.2) is 4.79 Å². The van der Waals surface area contributed by atoms with Crippen LogP contribution in [0, 0.1) is 5.92 Å². The summed E-state index contributed by atoms with van der Waals surface area (Å²) in [5, 5.41) is 34.4. The quantitative estimate of drug-likeness (QED) is 0.142. The van der Waals surface area contributed by atoms with Crippen molar-refractivity contribution in [3.05, 3.63) is 0 Å². The van der Waals surface area contributed by atoms with Gasteiger partial charge in [-0.05, 0) is 19.3 Å². The van der Waals surface area contributed by atoms with Crippen LogP contribution in [-0.4, -0.2) is 81.8 Å². The summed E-state index contributed by atoms with van der Waals surface area (Å²) in [6.45, 7) is 3.87. The lowest BCUT2D eigenvalue weighted by Crippen LogP contribution is -2.59. The number of rotatable bonds is 13. The first-order valence-electron chi connectivity index (χ1n) is 9.26. The van der Waals surface area contributed by atoms with E-state index >= 15 is 0 Å². The number of hydrogen-bond donors (Lipinski definition) is 8. The van der Waals surface area contributed by atoms with Crippen LogP contribution in [0.15, 0.2) is 0 Å². The van der Waals surface area contributed by atoms with Crippen LogP contribution in [0.25, 0.3) is 0 Å². The second-order valence-corrected chi connectivity index (χ2v) is 7.27. The maximum atomic E-state index is 12.4. The van der Waals surface area contributed by atoms with Gasteiger partial charge in [-0.2, -0.15) is 0 Å². The molecule has 5 atom stereocenters. The molecule has 5 unspecified atom stereocenters. The summed E-state index contributed by atoms with van der Waals surface area (Å²) in [5.74, 6) is -5.26. The number of carbonyl (C=O) groups excluding carboxylic acids is 4. The normalized spacial score (nSPS) is 16.0. The molecule has 0 aliphatic heterocycles. The number of aliphatic hydroxyl groups excluding tert-OH is 2. The molecule has 0 aromatic heterocycles. The van der Waals surface area contributed by atoms with Crippen molar-refractivity contribution >= 4 is 29.6 Å². The van der Waals surface area contributed by atoms with E-state index in [2.05, 4.69) is 16.0 Å². The topological polar surface area (TPSA) is 234 Å². The average Bonchev–Trinajstić information content (AvgIpc) is 2.62. The first-order valence-corrected chi connectivity index (χ1v) is 9.26. The van der Waals surface area contributed by atoms with Crippen LogP contribution in [0.5, 0.6) is 0 Å². The number of nitrogens with one attached hydrogen (secondary N) is 3. The van der Waals surface area contributed by atoms with Gasteiger partial charge < -0.3 is 42.7 Å². The second kappa shape index (κ2) is 12.7. The van der Waals surface area contributed by atoms with Crippen molar-refractivity contribution in [3.63, 3.8) is 0 Å². The number of nitrogens with two attached hydrogens (primary N) is 2. The zero-order valence-corrected chi connectivity index (χ0v) is 17.1. The molecule has 30 heavy (non-hydrogen) atoms. The first-order chi connectivity index (χ1) is 13.8. The highest BCUT2D eigenvalue weighted by molar-refractivity contribution is 5.96. The van der Waals surface area contributed by atoms with Gasteiger partial charge in [0, 0.05) is 0 Å². The number of carboxylic acids is 1. The average molecular weight is 433 g/mol. The number of hydrogen-bond acceptors (Lipinski definition) is 8. The third kappa shape index (κ3) is 9.62. The number of primary amides is 1. The molecule has 10 N–H and O–H groups in total. The highest BCUT2D eigenvalue weighted by Gasteiger charge is 2.31. The molecular weight excluding hydrogens is 402 g/mol. The Bertz CT molecular complexity index is 640. The van der Waals surface area contributed by atoms with E-state index in [0.29, 0.717) is 0 Å². The lowest BCUT2D eigenvalue weighted by Gasteiger charge is -2.24. The molecule has 0 radical (unpaired) electrons. The fourth-order valence-corrected chi connectivity index (χ4v) is 2.33. The van der Waals surface area contributed by atoms with Crippen molar-refractivity contribution in [2.45, 2.75) is 63.9 Å². The minimum Gasteiger partial charge on any atom is -0.480 e. The zero-order chi connectivity index (χ0) is 23.6.